The molecule has 1 aromatic carbocycles. The Morgan fingerprint density at radius 2 is 1.89 bits per heavy atom. The van der Waals surface area contributed by atoms with E-state index < -0.39 is 18.5 Å². The molecule has 0 aliphatic carbocycles. The van der Waals surface area contributed by atoms with Gasteiger partial charge in [-0.3, -0.25) is 9.59 Å². The lowest BCUT2D eigenvalue weighted by atomic mass is 10.2. The maximum absolute atomic E-state index is 11.9. The van der Waals surface area contributed by atoms with E-state index in [0.29, 0.717) is 34.4 Å². The number of ether oxygens (including phenoxy) is 2. The van der Waals surface area contributed by atoms with Gasteiger partial charge in [0.05, 0.1) is 16.7 Å². The SMILES string of the molecule is Cc1cc(OCCCC(=O)OCC(=O)Nc2ncc(Cl)c(C)c2Cl)ccc1Cl. The average Bonchev–Trinajstić information content (AvgIpc) is 2.67. The first-order chi connectivity index (χ1) is 13.3. The van der Waals surface area contributed by atoms with Crippen molar-refractivity contribution < 1.29 is 19.1 Å². The van der Waals surface area contributed by atoms with Crippen LogP contribution in [0.1, 0.15) is 24.0 Å². The predicted molar refractivity (Wildman–Crippen MR) is 110 cm³/mol. The number of pyridine rings is 1. The molecule has 0 saturated carbocycles. The molecule has 1 amide bonds. The van der Waals surface area contributed by atoms with Crippen LogP contribution in [0.25, 0.3) is 0 Å². The van der Waals surface area contributed by atoms with Crippen molar-refractivity contribution in [1.82, 2.24) is 4.98 Å². The summed E-state index contributed by atoms with van der Waals surface area (Å²) in [7, 11) is 0. The second-order valence-electron chi connectivity index (χ2n) is 5.97. The first kappa shape index (κ1) is 22.3. The molecule has 0 fully saturated rings. The van der Waals surface area contributed by atoms with Gasteiger partial charge in [0.25, 0.3) is 5.91 Å². The highest BCUT2D eigenvalue weighted by molar-refractivity contribution is 6.37. The fraction of sp³-hybridized carbons (Fsp3) is 0.316. The third-order valence-corrected chi connectivity index (χ3v) is 5.02. The lowest BCUT2D eigenvalue weighted by Gasteiger charge is -2.10. The summed E-state index contributed by atoms with van der Waals surface area (Å²) in [5.41, 5.74) is 1.51. The second kappa shape index (κ2) is 10.5. The Hall–Kier alpha value is -2.02. The van der Waals surface area contributed by atoms with Crippen LogP contribution in [0.15, 0.2) is 24.4 Å². The van der Waals surface area contributed by atoms with Crippen molar-refractivity contribution in [1.29, 1.82) is 0 Å². The van der Waals surface area contributed by atoms with E-state index in [4.69, 9.17) is 44.3 Å². The van der Waals surface area contributed by atoms with Gasteiger partial charge in [0.1, 0.15) is 5.75 Å². The fourth-order valence-electron chi connectivity index (χ4n) is 2.14. The van der Waals surface area contributed by atoms with E-state index in [1.165, 1.54) is 6.20 Å². The van der Waals surface area contributed by atoms with Gasteiger partial charge in [-0.05, 0) is 49.6 Å². The zero-order valence-corrected chi connectivity index (χ0v) is 17.6. The van der Waals surface area contributed by atoms with Gasteiger partial charge < -0.3 is 14.8 Å². The van der Waals surface area contributed by atoms with Gasteiger partial charge in [0.15, 0.2) is 12.4 Å². The quantitative estimate of drug-likeness (QED) is 0.457. The van der Waals surface area contributed by atoms with E-state index in [1.54, 1.807) is 19.1 Å². The number of nitrogens with one attached hydrogen (secondary N) is 1. The van der Waals surface area contributed by atoms with E-state index in [9.17, 15) is 9.59 Å². The lowest BCUT2D eigenvalue weighted by Crippen LogP contribution is -2.22. The molecule has 0 aliphatic heterocycles. The zero-order chi connectivity index (χ0) is 20.7. The molecule has 1 N–H and O–H groups in total. The summed E-state index contributed by atoms with van der Waals surface area (Å²) in [6.45, 7) is 3.49. The minimum Gasteiger partial charge on any atom is -0.494 e. The molecule has 0 aliphatic rings. The Morgan fingerprint density at radius 3 is 2.61 bits per heavy atom. The maximum Gasteiger partial charge on any atom is 0.306 e. The molecule has 1 heterocycles. The third kappa shape index (κ3) is 6.55. The van der Waals surface area contributed by atoms with Crippen molar-refractivity contribution >= 4 is 52.5 Å². The van der Waals surface area contributed by atoms with E-state index in [0.717, 1.165) is 5.56 Å². The summed E-state index contributed by atoms with van der Waals surface area (Å²) >= 11 is 17.9. The Labute approximate surface area is 178 Å². The highest BCUT2D eigenvalue weighted by atomic mass is 35.5. The smallest absolute Gasteiger partial charge is 0.306 e. The first-order valence-corrected chi connectivity index (χ1v) is 9.56. The van der Waals surface area contributed by atoms with Crippen LogP contribution in [0.2, 0.25) is 15.1 Å². The van der Waals surface area contributed by atoms with Gasteiger partial charge in [0.2, 0.25) is 0 Å². The number of anilines is 1. The van der Waals surface area contributed by atoms with Crippen LogP contribution >= 0.6 is 34.8 Å². The van der Waals surface area contributed by atoms with Crippen molar-refractivity contribution in [3.63, 3.8) is 0 Å². The monoisotopic (exact) mass is 444 g/mol. The molecule has 28 heavy (non-hydrogen) atoms. The Kier molecular flexibility index (Phi) is 8.35. The number of esters is 1. The molecule has 2 aromatic rings. The number of carbonyl (C=O) groups excluding carboxylic acids is 2. The molecule has 9 heteroatoms. The van der Waals surface area contributed by atoms with Gasteiger partial charge in [-0.2, -0.15) is 0 Å². The number of rotatable bonds is 8. The molecular formula is C19H19Cl3N2O4. The first-order valence-electron chi connectivity index (χ1n) is 8.43. The number of carbonyl (C=O) groups is 2. The zero-order valence-electron chi connectivity index (χ0n) is 15.4. The molecule has 0 bridgehead atoms. The number of aromatic nitrogens is 1. The number of hydrogen-bond acceptors (Lipinski definition) is 5. The van der Waals surface area contributed by atoms with Crippen LogP contribution in [-0.2, 0) is 14.3 Å². The normalized spacial score (nSPS) is 10.5. The number of aryl methyl sites for hydroxylation is 1. The number of nitrogens with zero attached hydrogens (tertiary/aromatic N) is 1. The topological polar surface area (TPSA) is 77.5 Å². The molecule has 0 saturated heterocycles. The van der Waals surface area contributed by atoms with E-state index in [2.05, 4.69) is 10.3 Å². The molecule has 0 atom stereocenters. The van der Waals surface area contributed by atoms with Crippen LogP contribution in [0, 0.1) is 13.8 Å². The van der Waals surface area contributed by atoms with E-state index >= 15 is 0 Å². The van der Waals surface area contributed by atoms with Gasteiger partial charge in [-0.1, -0.05) is 34.8 Å². The molecule has 6 nitrogen and oxygen atoms in total. The number of halogens is 3. The Balaban J connectivity index is 1.68. The van der Waals surface area contributed by atoms with Gasteiger partial charge in [-0.25, -0.2) is 4.98 Å². The number of hydrogen-bond donors (Lipinski definition) is 1. The van der Waals surface area contributed by atoms with Crippen molar-refractivity contribution in [3.8, 4) is 5.75 Å². The van der Waals surface area contributed by atoms with E-state index in [1.807, 2.05) is 13.0 Å². The lowest BCUT2D eigenvalue weighted by molar-refractivity contribution is -0.147. The highest BCUT2D eigenvalue weighted by Crippen LogP contribution is 2.28. The Bertz CT molecular complexity index is 874. The molecule has 0 spiro atoms. The van der Waals surface area contributed by atoms with Crippen LogP contribution in [-0.4, -0.2) is 30.1 Å². The summed E-state index contributed by atoms with van der Waals surface area (Å²) in [6.07, 6.45) is 1.96. The molecule has 150 valence electrons. The Morgan fingerprint density at radius 1 is 1.14 bits per heavy atom. The van der Waals surface area contributed by atoms with Crippen LogP contribution < -0.4 is 10.1 Å². The third-order valence-electron chi connectivity index (χ3n) is 3.75. The summed E-state index contributed by atoms with van der Waals surface area (Å²) in [5, 5.41) is 3.78. The van der Waals surface area contributed by atoms with Gasteiger partial charge >= 0.3 is 5.97 Å². The minimum atomic E-state index is -0.544. The van der Waals surface area contributed by atoms with Crippen molar-refractivity contribution in [2.75, 3.05) is 18.5 Å². The molecule has 2 rings (SSSR count). The van der Waals surface area contributed by atoms with Crippen LogP contribution in [0.5, 0.6) is 5.75 Å². The summed E-state index contributed by atoms with van der Waals surface area (Å²) in [5.74, 6) is -0.205. The summed E-state index contributed by atoms with van der Waals surface area (Å²) < 4.78 is 10.5. The average molecular weight is 446 g/mol. The standard InChI is InChI=1S/C19H19Cl3N2O4/c1-11-8-13(5-6-14(11)20)27-7-3-4-17(26)28-10-16(25)24-19-18(22)12(2)15(21)9-23-19/h5-6,8-9H,3-4,7,10H2,1-2H3,(H,23,24,25). The summed E-state index contributed by atoms with van der Waals surface area (Å²) in [4.78, 5) is 27.6. The number of benzene rings is 1. The van der Waals surface area contributed by atoms with Gasteiger partial charge in [0, 0.05) is 17.6 Å². The largest absolute Gasteiger partial charge is 0.494 e. The van der Waals surface area contributed by atoms with Crippen LogP contribution in [0.3, 0.4) is 0 Å². The van der Waals surface area contributed by atoms with Gasteiger partial charge in [-0.15, -0.1) is 0 Å². The molecular weight excluding hydrogens is 427 g/mol. The van der Waals surface area contributed by atoms with Crippen molar-refractivity contribution in [2.45, 2.75) is 26.7 Å². The van der Waals surface area contributed by atoms with Crippen molar-refractivity contribution in [2.24, 2.45) is 0 Å². The second-order valence-corrected chi connectivity index (χ2v) is 7.16. The predicted octanol–water partition coefficient (Wildman–Crippen LogP) is 5.00. The molecule has 1 aromatic heterocycles. The fourth-order valence-corrected chi connectivity index (χ4v) is 2.65. The number of amides is 1. The minimum absolute atomic E-state index is 0.124. The van der Waals surface area contributed by atoms with Crippen molar-refractivity contribution in [3.05, 3.63) is 50.6 Å². The van der Waals surface area contributed by atoms with Crippen LogP contribution in [0.4, 0.5) is 5.82 Å². The summed E-state index contributed by atoms with van der Waals surface area (Å²) in [6, 6.07) is 5.33. The highest BCUT2D eigenvalue weighted by Gasteiger charge is 2.13. The molecule has 0 unspecified atom stereocenters. The molecule has 0 radical (unpaired) electrons. The maximum atomic E-state index is 11.9. The van der Waals surface area contributed by atoms with E-state index in [-0.39, 0.29) is 17.3 Å².